The van der Waals surface area contributed by atoms with Gasteiger partial charge in [0.1, 0.15) is 0 Å². The minimum absolute atomic E-state index is 1.33. The molecule has 0 heterocycles. The Labute approximate surface area is 175 Å². The van der Waals surface area contributed by atoms with Gasteiger partial charge in [-0.3, -0.25) is 0 Å². The van der Waals surface area contributed by atoms with E-state index in [0.29, 0.717) is 0 Å². The number of hydrogen-bond acceptors (Lipinski definition) is 0. The monoisotopic (exact) mass is 380 g/mol. The summed E-state index contributed by atoms with van der Waals surface area (Å²) in [7, 11) is 0. The molecule has 140 valence electrons. The summed E-state index contributed by atoms with van der Waals surface area (Å²) in [4.78, 5) is 0. The topological polar surface area (TPSA) is 0 Å². The maximum Gasteiger partial charge on any atom is -0.00264 e. The van der Waals surface area contributed by atoms with Gasteiger partial charge in [0.15, 0.2) is 0 Å². The van der Waals surface area contributed by atoms with E-state index in [-0.39, 0.29) is 0 Å². The van der Waals surface area contributed by atoms with Gasteiger partial charge in [0.25, 0.3) is 0 Å². The molecule has 6 aromatic rings. The lowest BCUT2D eigenvalue weighted by atomic mass is 9.89. The molecule has 1 aliphatic carbocycles. The normalized spacial score (nSPS) is 12.3. The minimum atomic E-state index is 1.33. The van der Waals surface area contributed by atoms with Crippen molar-refractivity contribution in [2.24, 2.45) is 0 Å². The maximum absolute atomic E-state index is 2.45. The molecule has 1 aliphatic rings. The van der Waals surface area contributed by atoms with Crippen LogP contribution >= 0.6 is 0 Å². The molecule has 0 saturated carbocycles. The third kappa shape index (κ3) is 1.91. The van der Waals surface area contributed by atoms with Crippen molar-refractivity contribution < 1.29 is 0 Å². The zero-order valence-electron chi connectivity index (χ0n) is 17.1. The van der Waals surface area contributed by atoms with Crippen LogP contribution < -0.4 is 0 Å². The number of hydrogen-bond donors (Lipinski definition) is 0. The fourth-order valence-corrected chi connectivity index (χ4v) is 5.64. The first kappa shape index (κ1) is 16.2. The van der Waals surface area contributed by atoms with Gasteiger partial charge < -0.3 is 0 Å². The van der Waals surface area contributed by atoms with Crippen LogP contribution in [0.4, 0.5) is 0 Å². The molecule has 7 rings (SSSR count). The molecular weight excluding hydrogens is 360 g/mol. The van der Waals surface area contributed by atoms with Crippen molar-refractivity contribution in [2.45, 2.75) is 13.8 Å². The summed E-state index contributed by atoms with van der Waals surface area (Å²) in [5.41, 5.74) is 8.16. The first-order chi connectivity index (χ1) is 14.7. The molecule has 0 bridgehead atoms. The van der Waals surface area contributed by atoms with Crippen LogP contribution in [-0.4, -0.2) is 0 Å². The van der Waals surface area contributed by atoms with Gasteiger partial charge >= 0.3 is 0 Å². The van der Waals surface area contributed by atoms with E-state index in [2.05, 4.69) is 98.8 Å². The van der Waals surface area contributed by atoms with Crippen LogP contribution in [0.15, 0.2) is 84.9 Å². The van der Waals surface area contributed by atoms with Crippen LogP contribution in [0.25, 0.3) is 65.3 Å². The highest BCUT2D eigenvalue weighted by molar-refractivity contribution is 6.23. The van der Waals surface area contributed by atoms with E-state index in [1.54, 1.807) is 0 Å². The Morgan fingerprint density at radius 1 is 0.400 bits per heavy atom. The van der Waals surface area contributed by atoms with Crippen molar-refractivity contribution in [3.05, 3.63) is 96.1 Å². The molecule has 0 N–H and O–H groups in total. The summed E-state index contributed by atoms with van der Waals surface area (Å²) in [6, 6.07) is 31.8. The second-order valence-corrected chi connectivity index (χ2v) is 8.68. The molecule has 0 atom stereocenters. The zero-order chi connectivity index (χ0) is 20.0. The highest BCUT2D eigenvalue weighted by Crippen LogP contribution is 2.49. The van der Waals surface area contributed by atoms with Gasteiger partial charge in [-0.15, -0.1) is 0 Å². The average Bonchev–Trinajstić information content (AvgIpc) is 3.09. The van der Waals surface area contributed by atoms with E-state index < -0.39 is 0 Å². The molecule has 0 aromatic heterocycles. The molecule has 0 saturated heterocycles. The second kappa shape index (κ2) is 5.49. The molecule has 30 heavy (non-hydrogen) atoms. The fraction of sp³-hybridized carbons (Fsp3) is 0.0667. The summed E-state index contributed by atoms with van der Waals surface area (Å²) in [5.74, 6) is 0. The van der Waals surface area contributed by atoms with Gasteiger partial charge in [0.2, 0.25) is 0 Å². The standard InChI is InChI=1S/C30H20/c1-17-13-26-25(21-10-4-3-9-20(17)21)14-18(2)24-15-27-22-11-5-7-19-8-6-12-23(30(19)22)28(27)16-29(24)26/h3-16H,1-2H3. The summed E-state index contributed by atoms with van der Waals surface area (Å²) in [6.07, 6.45) is 0. The Hall–Kier alpha value is -3.64. The van der Waals surface area contributed by atoms with Crippen molar-refractivity contribution in [1.29, 1.82) is 0 Å². The van der Waals surface area contributed by atoms with Gasteiger partial charge in [-0.05, 0) is 102 Å². The number of fused-ring (bicyclic) bond motifs is 8. The van der Waals surface area contributed by atoms with E-state index in [1.807, 2.05) is 0 Å². The molecule has 0 amide bonds. The highest BCUT2D eigenvalue weighted by atomic mass is 14.3. The smallest absolute Gasteiger partial charge is 0.00264 e. The van der Waals surface area contributed by atoms with Crippen molar-refractivity contribution in [3.63, 3.8) is 0 Å². The summed E-state index contributed by atoms with van der Waals surface area (Å²) < 4.78 is 0. The van der Waals surface area contributed by atoms with Crippen molar-refractivity contribution in [3.8, 4) is 22.3 Å². The van der Waals surface area contributed by atoms with E-state index in [9.17, 15) is 0 Å². The number of rotatable bonds is 0. The molecule has 0 aliphatic heterocycles. The van der Waals surface area contributed by atoms with Crippen LogP contribution in [-0.2, 0) is 0 Å². The molecule has 0 nitrogen and oxygen atoms in total. The molecule has 6 aromatic carbocycles. The van der Waals surface area contributed by atoms with Crippen molar-refractivity contribution >= 4 is 43.1 Å². The quantitative estimate of drug-likeness (QED) is 0.231. The first-order valence-electron chi connectivity index (χ1n) is 10.6. The Kier molecular flexibility index (Phi) is 2.96. The minimum Gasteiger partial charge on any atom is -0.0616 e. The van der Waals surface area contributed by atoms with Gasteiger partial charge in [-0.25, -0.2) is 0 Å². The molecule has 0 fully saturated rings. The van der Waals surface area contributed by atoms with E-state index in [4.69, 9.17) is 0 Å². The molecular formula is C30H20. The third-order valence-corrected chi connectivity index (χ3v) is 7.01. The molecule has 0 radical (unpaired) electrons. The zero-order valence-corrected chi connectivity index (χ0v) is 17.1. The fourth-order valence-electron chi connectivity index (χ4n) is 5.64. The highest BCUT2D eigenvalue weighted by Gasteiger charge is 2.22. The first-order valence-corrected chi connectivity index (χ1v) is 10.6. The number of aryl methyl sites for hydroxylation is 2. The van der Waals surface area contributed by atoms with E-state index >= 15 is 0 Å². The lowest BCUT2D eigenvalue weighted by Crippen LogP contribution is -1.88. The Morgan fingerprint density at radius 3 is 1.63 bits per heavy atom. The lowest BCUT2D eigenvalue weighted by Gasteiger charge is -2.14. The van der Waals surface area contributed by atoms with Gasteiger partial charge in [-0.2, -0.15) is 0 Å². The second-order valence-electron chi connectivity index (χ2n) is 8.68. The van der Waals surface area contributed by atoms with Crippen LogP contribution in [0.1, 0.15) is 11.1 Å². The predicted octanol–water partition coefficient (Wildman–Crippen LogP) is 8.56. The van der Waals surface area contributed by atoms with Crippen molar-refractivity contribution in [1.82, 2.24) is 0 Å². The number of benzene rings is 6. The summed E-state index contributed by atoms with van der Waals surface area (Å²) in [5, 5.41) is 10.9. The van der Waals surface area contributed by atoms with Gasteiger partial charge in [-0.1, -0.05) is 72.8 Å². The molecule has 0 spiro atoms. The molecule has 0 unspecified atom stereocenters. The SMILES string of the molecule is Cc1cc2c3cc4c(cc3c(C)cc2c2ccccc12)-c1cccc2cccc-4c12. The summed E-state index contributed by atoms with van der Waals surface area (Å²) in [6.45, 7) is 4.49. The Balaban J connectivity index is 1.69. The lowest BCUT2D eigenvalue weighted by molar-refractivity contribution is 1.54. The third-order valence-electron chi connectivity index (χ3n) is 7.01. The van der Waals surface area contributed by atoms with Gasteiger partial charge in [0.05, 0.1) is 0 Å². The van der Waals surface area contributed by atoms with Crippen LogP contribution in [0.3, 0.4) is 0 Å². The maximum atomic E-state index is 2.45. The van der Waals surface area contributed by atoms with Crippen molar-refractivity contribution in [2.75, 3.05) is 0 Å². The largest absolute Gasteiger partial charge is 0.0616 e. The van der Waals surface area contributed by atoms with E-state index in [0.717, 1.165) is 0 Å². The predicted molar refractivity (Wildman–Crippen MR) is 130 cm³/mol. The average molecular weight is 380 g/mol. The Morgan fingerprint density at radius 2 is 0.933 bits per heavy atom. The van der Waals surface area contributed by atoms with Crippen LogP contribution in [0.5, 0.6) is 0 Å². The molecule has 0 heteroatoms. The Bertz CT molecular complexity index is 1690. The van der Waals surface area contributed by atoms with Gasteiger partial charge in [0, 0.05) is 0 Å². The van der Waals surface area contributed by atoms with Crippen LogP contribution in [0, 0.1) is 13.8 Å². The summed E-state index contributed by atoms with van der Waals surface area (Å²) >= 11 is 0. The van der Waals surface area contributed by atoms with Crippen LogP contribution in [0.2, 0.25) is 0 Å². The van der Waals surface area contributed by atoms with E-state index in [1.165, 1.54) is 76.5 Å².